The molecule has 0 unspecified atom stereocenters. The number of amides is 2. The summed E-state index contributed by atoms with van der Waals surface area (Å²) in [6, 6.07) is 18.8. The molecule has 1 aromatic heterocycles. The van der Waals surface area contributed by atoms with E-state index in [1.807, 2.05) is 66.9 Å². The van der Waals surface area contributed by atoms with Crippen LogP contribution in [0.15, 0.2) is 60.7 Å². The van der Waals surface area contributed by atoms with Crippen molar-refractivity contribution in [1.82, 2.24) is 15.4 Å². The number of carbonyl (C=O) groups excluding carboxylic acids is 2. The highest BCUT2D eigenvalue weighted by Crippen LogP contribution is 2.20. The first kappa shape index (κ1) is 19.2. The first-order chi connectivity index (χ1) is 13.5. The summed E-state index contributed by atoms with van der Waals surface area (Å²) in [4.78, 5) is 24.7. The molecule has 6 nitrogen and oxygen atoms in total. The molecule has 2 N–H and O–H groups in total. The van der Waals surface area contributed by atoms with Gasteiger partial charge < -0.3 is 9.30 Å². The van der Waals surface area contributed by atoms with Crippen LogP contribution in [0.25, 0.3) is 5.69 Å². The summed E-state index contributed by atoms with van der Waals surface area (Å²) in [5.74, 6) is 0.0833. The van der Waals surface area contributed by atoms with Gasteiger partial charge in [-0.3, -0.25) is 20.4 Å². The second-order valence-electron chi connectivity index (χ2n) is 6.48. The van der Waals surface area contributed by atoms with Crippen LogP contribution in [0.3, 0.4) is 0 Å². The molecule has 0 atom stereocenters. The summed E-state index contributed by atoms with van der Waals surface area (Å²) < 4.78 is 7.11. The Balaban J connectivity index is 1.64. The van der Waals surface area contributed by atoms with Crippen LogP contribution in [-0.2, 0) is 11.2 Å². The largest absolute Gasteiger partial charge is 0.497 e. The maximum Gasteiger partial charge on any atom is 0.271 e. The van der Waals surface area contributed by atoms with Crippen LogP contribution in [0.4, 0.5) is 0 Å². The lowest BCUT2D eigenvalue weighted by molar-refractivity contribution is -0.121. The van der Waals surface area contributed by atoms with Crippen LogP contribution in [0.2, 0.25) is 0 Å². The summed E-state index contributed by atoms with van der Waals surface area (Å²) in [6.07, 6.45) is 0.160. The Hall–Kier alpha value is -3.54. The van der Waals surface area contributed by atoms with E-state index in [2.05, 4.69) is 10.9 Å². The van der Waals surface area contributed by atoms with Crippen molar-refractivity contribution < 1.29 is 14.3 Å². The Labute approximate surface area is 164 Å². The monoisotopic (exact) mass is 377 g/mol. The lowest BCUT2D eigenvalue weighted by Crippen LogP contribution is -2.42. The molecule has 2 amide bonds. The van der Waals surface area contributed by atoms with Crippen molar-refractivity contribution in [3.8, 4) is 11.4 Å². The Kier molecular flexibility index (Phi) is 5.79. The van der Waals surface area contributed by atoms with E-state index in [9.17, 15) is 9.59 Å². The minimum atomic E-state index is -0.349. The number of nitrogens with one attached hydrogen (secondary N) is 2. The van der Waals surface area contributed by atoms with Crippen molar-refractivity contribution in [2.75, 3.05) is 7.11 Å². The minimum absolute atomic E-state index is 0.160. The maximum absolute atomic E-state index is 12.5. The maximum atomic E-state index is 12.5. The third-order valence-electron chi connectivity index (χ3n) is 4.53. The van der Waals surface area contributed by atoms with Crippen LogP contribution in [0.5, 0.6) is 5.75 Å². The lowest BCUT2D eigenvalue weighted by Gasteiger charge is -2.10. The average Bonchev–Trinajstić information content (AvgIpc) is 3.01. The van der Waals surface area contributed by atoms with Gasteiger partial charge in [-0.25, -0.2) is 0 Å². The standard InChI is InChI=1S/C22H23N3O3/c1-15-13-20(16(2)25(15)18-7-5-4-6-8-18)22(27)24-23-21(26)14-17-9-11-19(28-3)12-10-17/h4-13H,14H2,1-3H3,(H,23,26)(H,24,27). The zero-order valence-corrected chi connectivity index (χ0v) is 16.2. The van der Waals surface area contributed by atoms with Crippen molar-refractivity contribution in [2.45, 2.75) is 20.3 Å². The quantitative estimate of drug-likeness (QED) is 0.671. The molecule has 3 rings (SSSR count). The Morgan fingerprint density at radius 3 is 2.29 bits per heavy atom. The van der Waals surface area contributed by atoms with Gasteiger partial charge in [0.25, 0.3) is 5.91 Å². The van der Waals surface area contributed by atoms with E-state index in [4.69, 9.17) is 4.74 Å². The van der Waals surface area contributed by atoms with Crippen LogP contribution in [0.1, 0.15) is 27.3 Å². The zero-order chi connectivity index (χ0) is 20.1. The number of hydrogen-bond donors (Lipinski definition) is 2. The van der Waals surface area contributed by atoms with Gasteiger partial charge >= 0.3 is 0 Å². The van der Waals surface area contributed by atoms with Crippen molar-refractivity contribution in [3.63, 3.8) is 0 Å². The lowest BCUT2D eigenvalue weighted by atomic mass is 10.1. The molecule has 2 aromatic carbocycles. The summed E-state index contributed by atoms with van der Waals surface area (Å²) in [5, 5.41) is 0. The molecule has 0 aliphatic carbocycles. The molecule has 28 heavy (non-hydrogen) atoms. The van der Waals surface area contributed by atoms with Gasteiger partial charge in [0.15, 0.2) is 0 Å². The van der Waals surface area contributed by atoms with Gasteiger partial charge in [0.2, 0.25) is 5.91 Å². The summed E-state index contributed by atoms with van der Waals surface area (Å²) in [7, 11) is 1.59. The van der Waals surface area contributed by atoms with Gasteiger partial charge in [0, 0.05) is 17.1 Å². The number of hydrazine groups is 1. The molecule has 0 radical (unpaired) electrons. The molecule has 0 aliphatic rings. The molecule has 0 bridgehead atoms. The number of rotatable bonds is 5. The van der Waals surface area contributed by atoms with Crippen LogP contribution >= 0.6 is 0 Å². The van der Waals surface area contributed by atoms with Gasteiger partial charge in [-0.05, 0) is 49.7 Å². The summed E-state index contributed by atoms with van der Waals surface area (Å²) in [6.45, 7) is 3.83. The molecule has 1 heterocycles. The number of benzene rings is 2. The van der Waals surface area contributed by atoms with E-state index in [0.29, 0.717) is 5.56 Å². The van der Waals surface area contributed by atoms with Crippen molar-refractivity contribution in [2.24, 2.45) is 0 Å². The van der Waals surface area contributed by atoms with E-state index in [0.717, 1.165) is 28.4 Å². The highest BCUT2D eigenvalue weighted by molar-refractivity contribution is 5.97. The first-order valence-electron chi connectivity index (χ1n) is 8.96. The molecule has 0 saturated heterocycles. The third kappa shape index (κ3) is 4.23. The number of aryl methyl sites for hydroxylation is 1. The third-order valence-corrected chi connectivity index (χ3v) is 4.53. The molecular formula is C22H23N3O3. The molecule has 144 valence electrons. The fraction of sp³-hybridized carbons (Fsp3) is 0.182. The van der Waals surface area contributed by atoms with Gasteiger partial charge in [-0.15, -0.1) is 0 Å². The summed E-state index contributed by atoms with van der Waals surface area (Å²) >= 11 is 0. The van der Waals surface area contributed by atoms with Crippen molar-refractivity contribution >= 4 is 11.8 Å². The first-order valence-corrected chi connectivity index (χ1v) is 8.96. The molecular weight excluding hydrogens is 354 g/mol. The molecule has 0 fully saturated rings. The minimum Gasteiger partial charge on any atom is -0.497 e. The fourth-order valence-corrected chi connectivity index (χ4v) is 3.13. The SMILES string of the molecule is COc1ccc(CC(=O)NNC(=O)c2cc(C)n(-c3ccccc3)c2C)cc1. The topological polar surface area (TPSA) is 72.4 Å². The number of hydrogen-bond acceptors (Lipinski definition) is 3. The van der Waals surface area contributed by atoms with E-state index in [1.165, 1.54) is 0 Å². The molecule has 0 saturated carbocycles. The normalized spacial score (nSPS) is 10.4. The molecule has 6 heteroatoms. The van der Waals surface area contributed by atoms with E-state index in [1.54, 1.807) is 19.2 Å². The Bertz CT molecular complexity index is 976. The van der Waals surface area contributed by atoms with Gasteiger partial charge in [-0.1, -0.05) is 30.3 Å². The van der Waals surface area contributed by atoms with E-state index >= 15 is 0 Å². The smallest absolute Gasteiger partial charge is 0.271 e. The molecule has 0 aliphatic heterocycles. The van der Waals surface area contributed by atoms with Crippen molar-refractivity contribution in [1.29, 1.82) is 0 Å². The van der Waals surface area contributed by atoms with E-state index < -0.39 is 0 Å². The molecule has 3 aromatic rings. The number of carbonyl (C=O) groups is 2. The Morgan fingerprint density at radius 2 is 1.64 bits per heavy atom. The number of para-hydroxylation sites is 1. The predicted molar refractivity (Wildman–Crippen MR) is 108 cm³/mol. The second kappa shape index (κ2) is 8.43. The highest BCUT2D eigenvalue weighted by atomic mass is 16.5. The predicted octanol–water partition coefficient (Wildman–Crippen LogP) is 3.11. The Morgan fingerprint density at radius 1 is 0.964 bits per heavy atom. The number of ether oxygens (including phenoxy) is 1. The second-order valence-corrected chi connectivity index (χ2v) is 6.48. The average molecular weight is 377 g/mol. The van der Waals surface area contributed by atoms with Crippen molar-refractivity contribution in [3.05, 3.63) is 83.2 Å². The van der Waals surface area contributed by atoms with Gasteiger partial charge in [0.1, 0.15) is 5.75 Å². The number of methoxy groups -OCH3 is 1. The van der Waals surface area contributed by atoms with E-state index in [-0.39, 0.29) is 18.2 Å². The van der Waals surface area contributed by atoms with Gasteiger partial charge in [0.05, 0.1) is 19.1 Å². The van der Waals surface area contributed by atoms with Crippen LogP contribution < -0.4 is 15.6 Å². The zero-order valence-electron chi connectivity index (χ0n) is 16.2. The van der Waals surface area contributed by atoms with Gasteiger partial charge in [-0.2, -0.15) is 0 Å². The molecule has 0 spiro atoms. The summed E-state index contributed by atoms with van der Waals surface area (Å²) in [5.41, 5.74) is 9.06. The van der Waals surface area contributed by atoms with Crippen LogP contribution in [-0.4, -0.2) is 23.5 Å². The van der Waals surface area contributed by atoms with Crippen LogP contribution in [0, 0.1) is 13.8 Å². The fourth-order valence-electron chi connectivity index (χ4n) is 3.13. The highest BCUT2D eigenvalue weighted by Gasteiger charge is 2.17. The number of nitrogens with zero attached hydrogens (tertiary/aromatic N) is 1. The number of aromatic nitrogens is 1.